The molecule has 0 spiro atoms. The van der Waals surface area contributed by atoms with Gasteiger partial charge in [-0.25, -0.2) is 9.97 Å². The van der Waals surface area contributed by atoms with E-state index < -0.39 is 0 Å². The largest absolute Gasteiger partial charge is 0.228 e. The van der Waals surface area contributed by atoms with E-state index in [4.69, 9.17) is 9.97 Å². The maximum absolute atomic E-state index is 5.09. The first-order valence-corrected chi connectivity index (χ1v) is 15.9. The van der Waals surface area contributed by atoms with Gasteiger partial charge < -0.3 is 0 Å². The van der Waals surface area contributed by atoms with Crippen molar-refractivity contribution in [2.75, 3.05) is 0 Å². The average molecular weight is 591 g/mol. The Bertz CT molecular complexity index is 2150. The molecule has 8 rings (SSSR count). The van der Waals surface area contributed by atoms with Gasteiger partial charge in [-0.1, -0.05) is 153 Å². The molecule has 0 bridgehead atoms. The lowest BCUT2D eigenvalue weighted by Crippen LogP contribution is -2.14. The van der Waals surface area contributed by atoms with Gasteiger partial charge in [0.25, 0.3) is 0 Å². The number of aromatic nitrogens is 2. The highest BCUT2D eigenvalue weighted by atomic mass is 14.9. The molecule has 1 heterocycles. The summed E-state index contributed by atoms with van der Waals surface area (Å²) in [5, 5.41) is 0. The zero-order valence-electron chi connectivity index (χ0n) is 26.3. The number of fused-ring (bicyclic) bond motifs is 3. The SMILES string of the molecule is Cc1c(-c2ccc(-c3ccc4c(c3)-c3ccccc3C4(C)C)cc2)cccc1-c1cc(-c2ccccc2)nc(-c2ccccc2)n1. The lowest BCUT2D eigenvalue weighted by molar-refractivity contribution is 0.660. The van der Waals surface area contributed by atoms with E-state index in [1.165, 1.54) is 50.1 Å². The van der Waals surface area contributed by atoms with Gasteiger partial charge in [0.1, 0.15) is 0 Å². The predicted molar refractivity (Wildman–Crippen MR) is 192 cm³/mol. The molecule has 0 amide bonds. The summed E-state index contributed by atoms with van der Waals surface area (Å²) in [6.45, 7) is 6.86. The van der Waals surface area contributed by atoms with E-state index >= 15 is 0 Å². The zero-order valence-corrected chi connectivity index (χ0v) is 26.3. The summed E-state index contributed by atoms with van der Waals surface area (Å²) in [7, 11) is 0. The Morgan fingerprint density at radius 2 is 0.957 bits per heavy atom. The maximum Gasteiger partial charge on any atom is 0.160 e. The highest BCUT2D eigenvalue weighted by Crippen LogP contribution is 2.49. The Balaban J connectivity index is 1.17. The molecular weight excluding hydrogens is 556 g/mol. The molecule has 1 aromatic heterocycles. The molecule has 46 heavy (non-hydrogen) atoms. The van der Waals surface area contributed by atoms with Crippen molar-refractivity contribution in [1.82, 2.24) is 9.97 Å². The Morgan fingerprint density at radius 1 is 0.391 bits per heavy atom. The van der Waals surface area contributed by atoms with Crippen molar-refractivity contribution in [3.05, 3.63) is 168 Å². The molecule has 0 saturated heterocycles. The van der Waals surface area contributed by atoms with Crippen molar-refractivity contribution in [3.63, 3.8) is 0 Å². The number of rotatable bonds is 5. The van der Waals surface area contributed by atoms with Crippen LogP contribution in [0.2, 0.25) is 0 Å². The maximum atomic E-state index is 5.09. The highest BCUT2D eigenvalue weighted by Gasteiger charge is 2.35. The minimum atomic E-state index is 0.0181. The molecule has 0 saturated carbocycles. The van der Waals surface area contributed by atoms with Gasteiger partial charge in [0.15, 0.2) is 5.82 Å². The molecule has 0 fully saturated rings. The molecular formula is C44H34N2. The lowest BCUT2D eigenvalue weighted by Gasteiger charge is -2.21. The van der Waals surface area contributed by atoms with Crippen LogP contribution in [-0.4, -0.2) is 9.97 Å². The molecule has 6 aromatic carbocycles. The molecule has 220 valence electrons. The number of benzene rings is 6. The minimum Gasteiger partial charge on any atom is -0.228 e. The van der Waals surface area contributed by atoms with E-state index in [9.17, 15) is 0 Å². The van der Waals surface area contributed by atoms with Crippen LogP contribution in [0.4, 0.5) is 0 Å². The van der Waals surface area contributed by atoms with Gasteiger partial charge in [0.05, 0.1) is 11.4 Å². The molecule has 2 heteroatoms. The van der Waals surface area contributed by atoms with Crippen molar-refractivity contribution in [1.29, 1.82) is 0 Å². The summed E-state index contributed by atoms with van der Waals surface area (Å²) in [4.78, 5) is 10.1. The van der Waals surface area contributed by atoms with Gasteiger partial charge in [0, 0.05) is 22.1 Å². The Kier molecular flexibility index (Phi) is 6.73. The van der Waals surface area contributed by atoms with E-state index in [-0.39, 0.29) is 5.41 Å². The second kappa shape index (κ2) is 11.1. The fourth-order valence-corrected chi connectivity index (χ4v) is 7.03. The van der Waals surface area contributed by atoms with E-state index in [2.05, 4.69) is 148 Å². The lowest BCUT2D eigenvalue weighted by atomic mass is 9.82. The zero-order chi connectivity index (χ0) is 31.3. The van der Waals surface area contributed by atoms with Crippen molar-refractivity contribution in [2.24, 2.45) is 0 Å². The van der Waals surface area contributed by atoms with Gasteiger partial charge in [-0.2, -0.15) is 0 Å². The van der Waals surface area contributed by atoms with Crippen LogP contribution in [0, 0.1) is 6.92 Å². The van der Waals surface area contributed by atoms with E-state index in [0.29, 0.717) is 0 Å². The first-order chi connectivity index (χ1) is 22.5. The number of hydrogen-bond donors (Lipinski definition) is 0. The third-order valence-electron chi connectivity index (χ3n) is 9.55. The smallest absolute Gasteiger partial charge is 0.160 e. The summed E-state index contributed by atoms with van der Waals surface area (Å²) < 4.78 is 0. The van der Waals surface area contributed by atoms with Crippen molar-refractivity contribution in [3.8, 4) is 67.3 Å². The molecule has 0 atom stereocenters. The molecule has 7 aromatic rings. The van der Waals surface area contributed by atoms with Crippen LogP contribution in [0.15, 0.2) is 152 Å². The third-order valence-corrected chi connectivity index (χ3v) is 9.55. The van der Waals surface area contributed by atoms with Crippen LogP contribution in [-0.2, 0) is 5.41 Å². The van der Waals surface area contributed by atoms with Crippen LogP contribution in [0.5, 0.6) is 0 Å². The van der Waals surface area contributed by atoms with E-state index in [1.54, 1.807) is 0 Å². The van der Waals surface area contributed by atoms with E-state index in [0.717, 1.165) is 33.9 Å². The summed E-state index contributed by atoms with van der Waals surface area (Å²) in [5.41, 5.74) is 16.6. The molecule has 2 nitrogen and oxygen atoms in total. The standard InChI is InChI=1S/C44H34N2/c1-29-35(31-23-21-30(22-24-31)34-25-26-40-38(27-34)37-17-10-11-20-39(37)44(40,2)3)18-12-19-36(29)42-28-41(32-13-6-4-7-14-32)45-43(46-42)33-15-8-5-9-16-33/h4-28H,1-3H3. The first-order valence-electron chi connectivity index (χ1n) is 15.9. The second-order valence-corrected chi connectivity index (χ2v) is 12.7. The summed E-state index contributed by atoms with van der Waals surface area (Å²) in [6, 6.07) is 54.0. The third kappa shape index (κ3) is 4.74. The van der Waals surface area contributed by atoms with Gasteiger partial charge in [-0.05, 0) is 69.1 Å². The summed E-state index contributed by atoms with van der Waals surface area (Å²) in [6.07, 6.45) is 0. The van der Waals surface area contributed by atoms with Gasteiger partial charge in [-0.15, -0.1) is 0 Å². The van der Waals surface area contributed by atoms with Crippen molar-refractivity contribution < 1.29 is 0 Å². The van der Waals surface area contributed by atoms with Crippen LogP contribution in [0.3, 0.4) is 0 Å². The number of hydrogen-bond acceptors (Lipinski definition) is 2. The fraction of sp³-hybridized carbons (Fsp3) is 0.0909. The predicted octanol–water partition coefficient (Wildman–Crippen LogP) is 11.4. The topological polar surface area (TPSA) is 25.8 Å². The molecule has 0 unspecified atom stereocenters. The Labute approximate surface area is 271 Å². The second-order valence-electron chi connectivity index (χ2n) is 12.7. The van der Waals surface area contributed by atoms with Crippen LogP contribution < -0.4 is 0 Å². The van der Waals surface area contributed by atoms with Crippen LogP contribution in [0.1, 0.15) is 30.5 Å². The molecule has 1 aliphatic rings. The van der Waals surface area contributed by atoms with Crippen molar-refractivity contribution >= 4 is 0 Å². The first kappa shape index (κ1) is 27.9. The van der Waals surface area contributed by atoms with Gasteiger partial charge in [0.2, 0.25) is 0 Å². The summed E-state index contributed by atoms with van der Waals surface area (Å²) >= 11 is 0. The van der Waals surface area contributed by atoms with Crippen LogP contribution >= 0.6 is 0 Å². The number of nitrogens with zero attached hydrogens (tertiary/aromatic N) is 2. The normalized spacial score (nSPS) is 12.8. The van der Waals surface area contributed by atoms with Crippen LogP contribution in [0.25, 0.3) is 67.3 Å². The van der Waals surface area contributed by atoms with Gasteiger partial charge in [-0.3, -0.25) is 0 Å². The molecule has 0 aliphatic heterocycles. The van der Waals surface area contributed by atoms with Crippen molar-refractivity contribution in [2.45, 2.75) is 26.2 Å². The fourth-order valence-electron chi connectivity index (χ4n) is 7.03. The Morgan fingerprint density at radius 3 is 1.72 bits per heavy atom. The average Bonchev–Trinajstić information content (AvgIpc) is 3.34. The Hall–Kier alpha value is -5.60. The van der Waals surface area contributed by atoms with Gasteiger partial charge >= 0.3 is 0 Å². The highest BCUT2D eigenvalue weighted by molar-refractivity contribution is 5.85. The monoisotopic (exact) mass is 590 g/mol. The minimum absolute atomic E-state index is 0.0181. The van der Waals surface area contributed by atoms with E-state index in [1.807, 2.05) is 24.3 Å². The molecule has 0 N–H and O–H groups in total. The summed E-state index contributed by atoms with van der Waals surface area (Å²) in [5.74, 6) is 0.728. The molecule has 0 radical (unpaired) electrons. The molecule has 1 aliphatic carbocycles. The quantitative estimate of drug-likeness (QED) is 0.199.